The summed E-state index contributed by atoms with van der Waals surface area (Å²) in [6.45, 7) is 6.39. The minimum Gasteiger partial charge on any atom is -0.374 e. The Morgan fingerprint density at radius 2 is 1.95 bits per heavy atom. The quantitative estimate of drug-likeness (QED) is 0.711. The summed E-state index contributed by atoms with van der Waals surface area (Å²) in [5, 5.41) is 6.31. The maximum Gasteiger partial charge on any atom is 0.158 e. The summed E-state index contributed by atoms with van der Waals surface area (Å²) in [6, 6.07) is 1.84. The van der Waals surface area contributed by atoms with Crippen molar-refractivity contribution in [2.45, 2.75) is 20.5 Å². The average molecular weight is 286 g/mol. The van der Waals surface area contributed by atoms with Crippen LogP contribution in [0.2, 0.25) is 0 Å². The first-order chi connectivity index (χ1) is 9.15. The molecule has 2 N–H and O–H groups in total. The molecular formula is C12H22N4O2S. The van der Waals surface area contributed by atoms with Gasteiger partial charge in [-0.2, -0.15) is 0 Å². The molecule has 0 radical (unpaired) electrons. The van der Waals surface area contributed by atoms with Crippen LogP contribution in [0.1, 0.15) is 19.7 Å². The lowest BCUT2D eigenvalue weighted by atomic mass is 10.4. The lowest BCUT2D eigenvalue weighted by Gasteiger charge is -2.10. The van der Waals surface area contributed by atoms with E-state index in [-0.39, 0.29) is 0 Å². The van der Waals surface area contributed by atoms with Gasteiger partial charge < -0.3 is 15.4 Å². The number of ether oxygens (including phenoxy) is 1. The zero-order valence-electron chi connectivity index (χ0n) is 11.7. The Morgan fingerprint density at radius 1 is 1.26 bits per heavy atom. The zero-order chi connectivity index (χ0) is 14.1. The molecule has 7 heteroatoms. The molecule has 1 rings (SSSR count). The molecule has 0 aliphatic heterocycles. The van der Waals surface area contributed by atoms with Crippen LogP contribution in [0, 0.1) is 0 Å². The van der Waals surface area contributed by atoms with Gasteiger partial charge >= 0.3 is 0 Å². The largest absolute Gasteiger partial charge is 0.374 e. The Kier molecular flexibility index (Phi) is 7.35. The number of nitrogens with one attached hydrogen (secondary N) is 2. The van der Waals surface area contributed by atoms with E-state index in [2.05, 4.69) is 20.6 Å². The highest BCUT2D eigenvalue weighted by Gasteiger charge is 2.04. The maximum absolute atomic E-state index is 11.0. The maximum atomic E-state index is 11.0. The van der Waals surface area contributed by atoms with Crippen molar-refractivity contribution in [2.24, 2.45) is 0 Å². The SMILES string of the molecule is CCNc1cc(NCCS(C)=O)nc(COCC)n1. The van der Waals surface area contributed by atoms with Gasteiger partial charge in [-0.15, -0.1) is 0 Å². The summed E-state index contributed by atoms with van der Waals surface area (Å²) in [5.41, 5.74) is 0. The van der Waals surface area contributed by atoms with Crippen LogP contribution in [-0.2, 0) is 22.1 Å². The fraction of sp³-hybridized carbons (Fsp3) is 0.667. The van der Waals surface area contributed by atoms with Gasteiger partial charge in [0, 0.05) is 48.6 Å². The number of nitrogens with zero attached hydrogens (tertiary/aromatic N) is 2. The minimum atomic E-state index is -0.804. The van der Waals surface area contributed by atoms with Crippen LogP contribution in [0.25, 0.3) is 0 Å². The number of rotatable bonds is 9. The number of anilines is 2. The van der Waals surface area contributed by atoms with Crippen LogP contribution in [0.4, 0.5) is 11.6 Å². The minimum absolute atomic E-state index is 0.393. The molecular weight excluding hydrogens is 264 g/mol. The molecule has 0 aromatic carbocycles. The summed E-state index contributed by atoms with van der Waals surface area (Å²) in [5.74, 6) is 2.74. The first kappa shape index (κ1) is 15.8. The first-order valence-corrected chi connectivity index (χ1v) is 8.11. The molecule has 1 aromatic rings. The van der Waals surface area contributed by atoms with Gasteiger partial charge in [0.15, 0.2) is 5.82 Å². The van der Waals surface area contributed by atoms with Crippen molar-refractivity contribution in [3.05, 3.63) is 11.9 Å². The third-order valence-electron chi connectivity index (χ3n) is 2.26. The van der Waals surface area contributed by atoms with Crippen LogP contribution in [-0.4, -0.2) is 45.9 Å². The second-order valence-electron chi connectivity index (χ2n) is 3.93. The molecule has 0 bridgehead atoms. The normalized spacial score (nSPS) is 12.2. The highest BCUT2D eigenvalue weighted by molar-refractivity contribution is 7.84. The molecule has 1 aromatic heterocycles. The molecule has 0 saturated heterocycles. The Hall–Kier alpha value is -1.21. The number of hydrogen-bond acceptors (Lipinski definition) is 6. The van der Waals surface area contributed by atoms with Crippen LogP contribution >= 0.6 is 0 Å². The zero-order valence-corrected chi connectivity index (χ0v) is 12.5. The summed E-state index contributed by atoms with van der Waals surface area (Å²) >= 11 is 0. The van der Waals surface area contributed by atoms with Crippen molar-refractivity contribution in [2.75, 3.05) is 42.3 Å². The summed E-state index contributed by atoms with van der Waals surface area (Å²) in [4.78, 5) is 8.72. The van der Waals surface area contributed by atoms with Gasteiger partial charge in [0.05, 0.1) is 0 Å². The Labute approximate surface area is 116 Å². The van der Waals surface area contributed by atoms with E-state index in [0.717, 1.165) is 18.2 Å². The van der Waals surface area contributed by atoms with Gasteiger partial charge in [-0.05, 0) is 13.8 Å². The Morgan fingerprint density at radius 3 is 2.53 bits per heavy atom. The van der Waals surface area contributed by atoms with Crippen LogP contribution < -0.4 is 10.6 Å². The molecule has 0 aliphatic rings. The van der Waals surface area contributed by atoms with E-state index in [1.807, 2.05) is 19.9 Å². The molecule has 0 amide bonds. The predicted molar refractivity (Wildman–Crippen MR) is 78.9 cm³/mol. The molecule has 0 aliphatic carbocycles. The summed E-state index contributed by atoms with van der Waals surface area (Å²) < 4.78 is 16.3. The topological polar surface area (TPSA) is 76.1 Å². The average Bonchev–Trinajstić information content (AvgIpc) is 2.36. The second-order valence-corrected chi connectivity index (χ2v) is 5.48. The smallest absolute Gasteiger partial charge is 0.158 e. The van der Waals surface area contributed by atoms with E-state index in [9.17, 15) is 4.21 Å². The van der Waals surface area contributed by atoms with Crippen LogP contribution in [0.3, 0.4) is 0 Å². The lowest BCUT2D eigenvalue weighted by molar-refractivity contribution is 0.128. The van der Waals surface area contributed by atoms with Crippen molar-refractivity contribution < 1.29 is 8.95 Å². The third kappa shape index (κ3) is 6.49. The van der Waals surface area contributed by atoms with E-state index in [0.29, 0.717) is 31.3 Å². The molecule has 1 unspecified atom stereocenters. The van der Waals surface area contributed by atoms with Crippen LogP contribution in [0.5, 0.6) is 0 Å². The van der Waals surface area contributed by atoms with Crippen LogP contribution in [0.15, 0.2) is 6.07 Å². The van der Waals surface area contributed by atoms with Crippen molar-refractivity contribution in [3.8, 4) is 0 Å². The molecule has 0 spiro atoms. The molecule has 6 nitrogen and oxygen atoms in total. The Bertz CT molecular complexity index is 415. The number of hydrogen-bond donors (Lipinski definition) is 2. The van der Waals surface area contributed by atoms with Gasteiger partial charge in [-0.1, -0.05) is 0 Å². The molecule has 1 heterocycles. The molecule has 0 saturated carbocycles. The van der Waals surface area contributed by atoms with Gasteiger partial charge in [-0.25, -0.2) is 9.97 Å². The van der Waals surface area contributed by atoms with Crippen molar-refractivity contribution in [1.29, 1.82) is 0 Å². The third-order valence-corrected chi connectivity index (χ3v) is 3.04. The van der Waals surface area contributed by atoms with E-state index >= 15 is 0 Å². The molecule has 1 atom stereocenters. The number of aromatic nitrogens is 2. The second kappa shape index (κ2) is 8.82. The van der Waals surface area contributed by atoms with Gasteiger partial charge in [0.1, 0.15) is 18.2 Å². The summed E-state index contributed by atoms with van der Waals surface area (Å²) in [7, 11) is -0.804. The van der Waals surface area contributed by atoms with Gasteiger partial charge in [0.25, 0.3) is 0 Å². The standard InChI is InChI=1S/C12H22N4O2S/c1-4-13-10-8-11(14-6-7-19(3)17)16-12(15-10)9-18-5-2/h8H,4-7,9H2,1-3H3,(H2,13,14,15,16). The molecule has 0 fully saturated rings. The van der Waals surface area contributed by atoms with Crippen molar-refractivity contribution in [1.82, 2.24) is 9.97 Å². The fourth-order valence-corrected chi connectivity index (χ4v) is 1.83. The molecule has 19 heavy (non-hydrogen) atoms. The van der Waals surface area contributed by atoms with Gasteiger partial charge in [-0.3, -0.25) is 4.21 Å². The highest BCUT2D eigenvalue weighted by Crippen LogP contribution is 2.11. The predicted octanol–water partition coefficient (Wildman–Crippen LogP) is 1.24. The Balaban J connectivity index is 2.71. The highest BCUT2D eigenvalue weighted by atomic mass is 32.2. The van der Waals surface area contributed by atoms with Crippen molar-refractivity contribution in [3.63, 3.8) is 0 Å². The van der Waals surface area contributed by atoms with E-state index in [4.69, 9.17) is 4.74 Å². The van der Waals surface area contributed by atoms with E-state index in [1.54, 1.807) is 6.26 Å². The monoisotopic (exact) mass is 286 g/mol. The van der Waals surface area contributed by atoms with Gasteiger partial charge in [0.2, 0.25) is 0 Å². The fourth-order valence-electron chi connectivity index (χ4n) is 1.44. The van der Waals surface area contributed by atoms with Crippen molar-refractivity contribution >= 4 is 22.4 Å². The van der Waals surface area contributed by atoms with E-state index < -0.39 is 10.8 Å². The lowest BCUT2D eigenvalue weighted by Crippen LogP contribution is -2.13. The summed E-state index contributed by atoms with van der Waals surface area (Å²) in [6.07, 6.45) is 1.69. The first-order valence-electron chi connectivity index (χ1n) is 6.39. The molecule has 108 valence electrons. The van der Waals surface area contributed by atoms with E-state index in [1.165, 1.54) is 0 Å².